The summed E-state index contributed by atoms with van der Waals surface area (Å²) in [6.07, 6.45) is 4.32. The van der Waals surface area contributed by atoms with Gasteiger partial charge < -0.3 is 15.5 Å². The number of nitrogens with zero attached hydrogens (tertiary/aromatic N) is 2. The van der Waals surface area contributed by atoms with Gasteiger partial charge in [0.2, 0.25) is 5.91 Å². The molecule has 1 aromatic heterocycles. The van der Waals surface area contributed by atoms with Crippen LogP contribution in [0.25, 0.3) is 10.8 Å². The number of likely N-dealkylation sites (tertiary alicyclic amines) is 1. The second kappa shape index (κ2) is 10.4. The predicted octanol–water partition coefficient (Wildman–Crippen LogP) is 4.98. The third-order valence-corrected chi connectivity index (χ3v) is 6.50. The Hall–Kier alpha value is -4.52. The minimum absolute atomic E-state index is 0.00305. The van der Waals surface area contributed by atoms with E-state index in [-0.39, 0.29) is 23.6 Å². The number of hydrogen-bond donors (Lipinski definition) is 2. The van der Waals surface area contributed by atoms with Crippen LogP contribution in [0.4, 0.5) is 11.4 Å². The summed E-state index contributed by atoms with van der Waals surface area (Å²) >= 11 is 0. The minimum Gasteiger partial charge on any atom is -0.339 e. The molecule has 4 aromatic rings. The van der Waals surface area contributed by atoms with Crippen molar-refractivity contribution in [1.82, 2.24) is 9.88 Å². The highest BCUT2D eigenvalue weighted by Gasteiger charge is 2.28. The van der Waals surface area contributed by atoms with Gasteiger partial charge in [0.25, 0.3) is 11.8 Å². The van der Waals surface area contributed by atoms with E-state index >= 15 is 0 Å². The molecule has 7 heteroatoms. The fraction of sp³-hybridized carbons (Fsp3) is 0.172. The van der Waals surface area contributed by atoms with Crippen LogP contribution in [0.3, 0.4) is 0 Å². The lowest BCUT2D eigenvalue weighted by Gasteiger charge is -2.31. The van der Waals surface area contributed by atoms with Gasteiger partial charge in [-0.05, 0) is 60.0 Å². The first-order valence-electron chi connectivity index (χ1n) is 12.0. The van der Waals surface area contributed by atoms with E-state index in [9.17, 15) is 14.4 Å². The van der Waals surface area contributed by atoms with Gasteiger partial charge in [0.1, 0.15) is 0 Å². The lowest BCUT2D eigenvalue weighted by atomic mass is 9.94. The smallest absolute Gasteiger partial charge is 0.255 e. The molecule has 5 rings (SSSR count). The van der Waals surface area contributed by atoms with Crippen molar-refractivity contribution in [2.24, 2.45) is 5.92 Å². The van der Waals surface area contributed by atoms with Crippen molar-refractivity contribution < 1.29 is 14.4 Å². The first-order chi connectivity index (χ1) is 17.6. The van der Waals surface area contributed by atoms with Crippen LogP contribution in [0.5, 0.6) is 0 Å². The van der Waals surface area contributed by atoms with Crippen LogP contribution in [0.2, 0.25) is 0 Å². The maximum absolute atomic E-state index is 13.2. The number of fused-ring (bicyclic) bond motifs is 1. The molecular formula is C29H26N4O3. The van der Waals surface area contributed by atoms with E-state index in [2.05, 4.69) is 15.6 Å². The van der Waals surface area contributed by atoms with Gasteiger partial charge in [0.05, 0.1) is 0 Å². The van der Waals surface area contributed by atoms with Crippen molar-refractivity contribution in [2.45, 2.75) is 12.8 Å². The molecular weight excluding hydrogens is 452 g/mol. The lowest BCUT2D eigenvalue weighted by Crippen LogP contribution is -2.41. The van der Waals surface area contributed by atoms with Gasteiger partial charge in [-0.3, -0.25) is 19.4 Å². The highest BCUT2D eigenvalue weighted by Crippen LogP contribution is 2.25. The Kier molecular flexibility index (Phi) is 6.71. The Morgan fingerprint density at radius 3 is 2.22 bits per heavy atom. The molecule has 36 heavy (non-hydrogen) atoms. The summed E-state index contributed by atoms with van der Waals surface area (Å²) in [6.45, 7) is 1.06. The fourth-order valence-corrected chi connectivity index (χ4v) is 4.55. The van der Waals surface area contributed by atoms with E-state index in [1.54, 1.807) is 48.8 Å². The molecule has 1 aliphatic heterocycles. The maximum Gasteiger partial charge on any atom is 0.255 e. The fourth-order valence-electron chi connectivity index (χ4n) is 4.55. The van der Waals surface area contributed by atoms with Crippen LogP contribution in [0, 0.1) is 5.92 Å². The Morgan fingerprint density at radius 2 is 1.44 bits per heavy atom. The zero-order chi connectivity index (χ0) is 24.9. The van der Waals surface area contributed by atoms with Crippen LogP contribution in [-0.2, 0) is 4.79 Å². The number of hydrogen-bond acceptors (Lipinski definition) is 4. The maximum atomic E-state index is 13.2. The molecule has 1 saturated heterocycles. The summed E-state index contributed by atoms with van der Waals surface area (Å²) in [5.74, 6) is -0.506. The Bertz CT molecular complexity index is 1410. The molecule has 0 saturated carbocycles. The second-order valence-corrected chi connectivity index (χ2v) is 8.85. The molecule has 2 heterocycles. The number of carbonyl (C=O) groups is 3. The lowest BCUT2D eigenvalue weighted by molar-refractivity contribution is -0.121. The van der Waals surface area contributed by atoms with Gasteiger partial charge in [-0.1, -0.05) is 42.5 Å². The van der Waals surface area contributed by atoms with Crippen molar-refractivity contribution in [2.75, 3.05) is 23.7 Å². The molecule has 0 spiro atoms. The number of nitrogens with one attached hydrogen (secondary N) is 2. The zero-order valence-electron chi connectivity index (χ0n) is 19.7. The Labute approximate surface area is 209 Å². The number of anilines is 2. The zero-order valence-corrected chi connectivity index (χ0v) is 19.7. The van der Waals surface area contributed by atoms with Crippen molar-refractivity contribution in [1.29, 1.82) is 0 Å². The van der Waals surface area contributed by atoms with Crippen LogP contribution < -0.4 is 10.6 Å². The molecule has 0 bridgehead atoms. The normalized spacial score (nSPS) is 13.8. The molecule has 1 fully saturated rings. The molecule has 2 N–H and O–H groups in total. The summed E-state index contributed by atoms with van der Waals surface area (Å²) in [5.41, 5.74) is 2.40. The molecule has 180 valence electrons. The number of rotatable bonds is 5. The van der Waals surface area contributed by atoms with Crippen LogP contribution >= 0.6 is 0 Å². The van der Waals surface area contributed by atoms with E-state index in [0.717, 1.165) is 10.8 Å². The standard InChI is InChI=1S/C29H26N4O3/c34-27(21-11-15-30-16-12-21)31-23-7-4-8-24(19-23)32-28(35)22-13-17-33(18-14-22)29(36)26-10-3-6-20-5-1-2-9-25(20)26/h1-12,15-16,19,22H,13-14,17-18H2,(H,31,34)(H,32,35). The Morgan fingerprint density at radius 1 is 0.778 bits per heavy atom. The third kappa shape index (κ3) is 5.10. The van der Waals surface area contributed by atoms with Gasteiger partial charge in [-0.25, -0.2) is 0 Å². The first-order valence-corrected chi connectivity index (χ1v) is 12.0. The summed E-state index contributed by atoms with van der Waals surface area (Å²) in [5, 5.41) is 7.78. The molecule has 0 radical (unpaired) electrons. The second-order valence-electron chi connectivity index (χ2n) is 8.85. The van der Waals surface area contributed by atoms with Crippen LogP contribution in [-0.4, -0.2) is 40.7 Å². The minimum atomic E-state index is -0.246. The Balaban J connectivity index is 1.18. The summed E-state index contributed by atoms with van der Waals surface area (Å²) in [6, 6.07) is 24.0. The highest BCUT2D eigenvalue weighted by molar-refractivity contribution is 6.07. The predicted molar refractivity (Wildman–Crippen MR) is 140 cm³/mol. The SMILES string of the molecule is O=C(Nc1cccc(NC(=O)C2CCN(C(=O)c3cccc4ccccc34)CC2)c1)c1ccncc1. The van der Waals surface area contributed by atoms with Gasteiger partial charge >= 0.3 is 0 Å². The number of benzene rings is 3. The monoisotopic (exact) mass is 478 g/mol. The molecule has 0 unspecified atom stereocenters. The van der Waals surface area contributed by atoms with E-state index < -0.39 is 0 Å². The average Bonchev–Trinajstić information content (AvgIpc) is 2.93. The number of carbonyl (C=O) groups excluding carboxylic acids is 3. The van der Waals surface area contributed by atoms with Gasteiger partial charge in [-0.2, -0.15) is 0 Å². The number of piperidine rings is 1. The number of aromatic nitrogens is 1. The van der Waals surface area contributed by atoms with E-state index in [1.807, 2.05) is 47.4 Å². The van der Waals surface area contributed by atoms with E-state index in [0.29, 0.717) is 48.4 Å². The van der Waals surface area contributed by atoms with Gasteiger partial charge in [-0.15, -0.1) is 0 Å². The number of pyridine rings is 1. The summed E-state index contributed by atoms with van der Waals surface area (Å²) in [4.78, 5) is 44.3. The highest BCUT2D eigenvalue weighted by atomic mass is 16.2. The topological polar surface area (TPSA) is 91.4 Å². The molecule has 0 atom stereocenters. The largest absolute Gasteiger partial charge is 0.339 e. The van der Waals surface area contributed by atoms with Gasteiger partial charge in [0.15, 0.2) is 0 Å². The summed E-state index contributed by atoms with van der Waals surface area (Å²) < 4.78 is 0. The van der Waals surface area contributed by atoms with Crippen LogP contribution in [0.15, 0.2) is 91.3 Å². The van der Waals surface area contributed by atoms with E-state index in [1.165, 1.54) is 0 Å². The molecule has 1 aliphatic rings. The van der Waals surface area contributed by atoms with Crippen molar-refractivity contribution in [3.63, 3.8) is 0 Å². The third-order valence-electron chi connectivity index (χ3n) is 6.50. The summed E-state index contributed by atoms with van der Waals surface area (Å²) in [7, 11) is 0. The molecule has 7 nitrogen and oxygen atoms in total. The molecule has 3 amide bonds. The molecule has 3 aromatic carbocycles. The average molecular weight is 479 g/mol. The van der Waals surface area contributed by atoms with Gasteiger partial charge in [0, 0.05) is 53.9 Å². The van der Waals surface area contributed by atoms with E-state index in [4.69, 9.17) is 0 Å². The quantitative estimate of drug-likeness (QED) is 0.423. The van der Waals surface area contributed by atoms with Crippen molar-refractivity contribution in [3.8, 4) is 0 Å². The first kappa shape index (κ1) is 23.2. The molecule has 0 aliphatic carbocycles. The number of amides is 3. The van der Waals surface area contributed by atoms with Crippen molar-refractivity contribution in [3.05, 3.63) is 102 Å². The van der Waals surface area contributed by atoms with Crippen LogP contribution in [0.1, 0.15) is 33.6 Å². The van der Waals surface area contributed by atoms with Crippen molar-refractivity contribution >= 4 is 39.9 Å².